The Balaban J connectivity index is 1.87. The molecule has 138 valence electrons. The number of hydrogen-bond acceptors (Lipinski definition) is 4. The van der Waals surface area contributed by atoms with E-state index in [0.717, 1.165) is 45.0 Å². The molecule has 0 aromatic carbocycles. The van der Waals surface area contributed by atoms with E-state index in [9.17, 15) is 4.79 Å². The van der Waals surface area contributed by atoms with E-state index >= 15 is 0 Å². The smallest absolute Gasteiger partial charge is 0.222 e. The maximum atomic E-state index is 11.7. The molecule has 0 aromatic rings. The van der Waals surface area contributed by atoms with Crippen molar-refractivity contribution in [1.29, 1.82) is 0 Å². The van der Waals surface area contributed by atoms with Gasteiger partial charge in [-0.15, -0.1) is 0 Å². The second kappa shape index (κ2) is 9.84. The molecule has 1 amide bonds. The Kier molecular flexibility index (Phi) is 7.78. The lowest BCUT2D eigenvalue weighted by atomic mass is 10.1. The Labute approximate surface area is 145 Å². The summed E-state index contributed by atoms with van der Waals surface area (Å²) in [5.41, 5.74) is 0. The Bertz CT molecular complexity index is 422. The highest BCUT2D eigenvalue weighted by Crippen LogP contribution is 2.21. The molecular formula is C17H32N4O3. The Morgan fingerprint density at radius 3 is 2.75 bits per heavy atom. The lowest BCUT2D eigenvalue weighted by Gasteiger charge is -2.37. The monoisotopic (exact) mass is 340 g/mol. The third-order valence-electron chi connectivity index (χ3n) is 4.16. The van der Waals surface area contributed by atoms with Crippen molar-refractivity contribution in [1.82, 2.24) is 15.5 Å². The molecule has 0 saturated carbocycles. The van der Waals surface area contributed by atoms with E-state index in [4.69, 9.17) is 9.47 Å². The zero-order chi connectivity index (χ0) is 17.4. The zero-order valence-corrected chi connectivity index (χ0v) is 15.2. The highest BCUT2D eigenvalue weighted by molar-refractivity contribution is 5.81. The van der Waals surface area contributed by atoms with Crippen LogP contribution in [-0.4, -0.2) is 74.4 Å². The van der Waals surface area contributed by atoms with Crippen molar-refractivity contribution in [3.05, 3.63) is 0 Å². The van der Waals surface area contributed by atoms with Crippen LogP contribution in [0.25, 0.3) is 0 Å². The SMILES string of the molecule is CCNC(=NCCC(=O)NC(C)C)N1CCOC(C2CCCO2)C1. The first kappa shape index (κ1) is 19.0. The highest BCUT2D eigenvalue weighted by atomic mass is 16.5. The number of carbonyl (C=O) groups is 1. The summed E-state index contributed by atoms with van der Waals surface area (Å²) in [4.78, 5) is 18.6. The lowest BCUT2D eigenvalue weighted by molar-refractivity contribution is -0.121. The van der Waals surface area contributed by atoms with Gasteiger partial charge >= 0.3 is 0 Å². The minimum absolute atomic E-state index is 0.0452. The fourth-order valence-corrected chi connectivity index (χ4v) is 3.07. The van der Waals surface area contributed by atoms with Crippen molar-refractivity contribution in [3.63, 3.8) is 0 Å². The second-order valence-electron chi connectivity index (χ2n) is 6.61. The Morgan fingerprint density at radius 1 is 1.29 bits per heavy atom. The number of nitrogens with one attached hydrogen (secondary N) is 2. The number of carbonyl (C=O) groups excluding carboxylic acids is 1. The van der Waals surface area contributed by atoms with Gasteiger partial charge in [0.25, 0.3) is 0 Å². The molecule has 0 radical (unpaired) electrons. The summed E-state index contributed by atoms with van der Waals surface area (Å²) in [5.74, 6) is 0.907. The number of ether oxygens (including phenoxy) is 2. The van der Waals surface area contributed by atoms with Gasteiger partial charge in [0.2, 0.25) is 5.91 Å². The lowest BCUT2D eigenvalue weighted by Crippen LogP contribution is -2.53. The van der Waals surface area contributed by atoms with Crippen molar-refractivity contribution < 1.29 is 14.3 Å². The predicted molar refractivity (Wildman–Crippen MR) is 94.2 cm³/mol. The predicted octanol–water partition coefficient (Wildman–Crippen LogP) is 0.746. The molecule has 2 heterocycles. The van der Waals surface area contributed by atoms with Crippen LogP contribution < -0.4 is 10.6 Å². The molecule has 2 atom stereocenters. The molecule has 2 N–H and O–H groups in total. The number of hydrogen-bond donors (Lipinski definition) is 2. The van der Waals surface area contributed by atoms with Crippen LogP contribution in [0.1, 0.15) is 40.0 Å². The molecular weight excluding hydrogens is 308 g/mol. The van der Waals surface area contributed by atoms with Gasteiger partial charge in [0, 0.05) is 38.7 Å². The van der Waals surface area contributed by atoms with Gasteiger partial charge in [-0.2, -0.15) is 0 Å². The maximum Gasteiger partial charge on any atom is 0.222 e. The quantitative estimate of drug-likeness (QED) is 0.551. The fourth-order valence-electron chi connectivity index (χ4n) is 3.07. The van der Waals surface area contributed by atoms with Gasteiger partial charge in [-0.05, 0) is 33.6 Å². The summed E-state index contributed by atoms with van der Waals surface area (Å²) in [6, 6.07) is 0.168. The molecule has 7 nitrogen and oxygen atoms in total. The number of rotatable bonds is 6. The minimum Gasteiger partial charge on any atom is -0.375 e. The van der Waals surface area contributed by atoms with Crippen molar-refractivity contribution >= 4 is 11.9 Å². The normalized spacial score (nSPS) is 25.2. The van der Waals surface area contributed by atoms with Crippen molar-refractivity contribution in [3.8, 4) is 0 Å². The molecule has 2 saturated heterocycles. The van der Waals surface area contributed by atoms with E-state index in [1.54, 1.807) is 0 Å². The molecule has 0 aromatic heterocycles. The molecule has 7 heteroatoms. The number of morpholine rings is 1. The molecule has 2 aliphatic rings. The van der Waals surface area contributed by atoms with E-state index in [1.807, 2.05) is 13.8 Å². The van der Waals surface area contributed by atoms with Gasteiger partial charge in [0.1, 0.15) is 6.10 Å². The molecule has 0 bridgehead atoms. The average molecular weight is 340 g/mol. The van der Waals surface area contributed by atoms with Gasteiger partial charge in [-0.3, -0.25) is 9.79 Å². The van der Waals surface area contributed by atoms with Crippen LogP contribution in [0.4, 0.5) is 0 Å². The van der Waals surface area contributed by atoms with Crippen molar-refractivity contribution in [2.45, 2.75) is 58.3 Å². The molecule has 0 aliphatic carbocycles. The molecule has 2 aliphatic heterocycles. The summed E-state index contributed by atoms with van der Waals surface area (Å²) >= 11 is 0. The van der Waals surface area contributed by atoms with Crippen LogP contribution >= 0.6 is 0 Å². The minimum atomic E-state index is 0.0452. The largest absolute Gasteiger partial charge is 0.375 e. The fraction of sp³-hybridized carbons (Fsp3) is 0.882. The zero-order valence-electron chi connectivity index (χ0n) is 15.2. The van der Waals surface area contributed by atoms with Crippen molar-refractivity contribution in [2.75, 3.05) is 39.4 Å². The number of nitrogens with zero attached hydrogens (tertiary/aromatic N) is 2. The first-order valence-corrected chi connectivity index (χ1v) is 9.16. The van der Waals surface area contributed by atoms with E-state index in [2.05, 4.69) is 27.4 Å². The van der Waals surface area contributed by atoms with Gasteiger partial charge in [-0.25, -0.2) is 0 Å². The topological polar surface area (TPSA) is 75.2 Å². The second-order valence-corrected chi connectivity index (χ2v) is 6.61. The first-order valence-electron chi connectivity index (χ1n) is 9.16. The average Bonchev–Trinajstić information content (AvgIpc) is 3.08. The van der Waals surface area contributed by atoms with Crippen LogP contribution in [-0.2, 0) is 14.3 Å². The molecule has 2 rings (SSSR count). The van der Waals surface area contributed by atoms with Crippen molar-refractivity contribution in [2.24, 2.45) is 4.99 Å². The van der Waals surface area contributed by atoms with Gasteiger partial charge in [0.05, 0.1) is 19.3 Å². The Hall–Kier alpha value is -1.34. The van der Waals surface area contributed by atoms with Crippen LogP contribution in [0.5, 0.6) is 0 Å². The van der Waals surface area contributed by atoms with Gasteiger partial charge < -0.3 is 25.0 Å². The summed E-state index contributed by atoms with van der Waals surface area (Å²) in [7, 11) is 0. The number of aliphatic imine (C=N–C) groups is 1. The van der Waals surface area contributed by atoms with Crippen LogP contribution in [0, 0.1) is 0 Å². The van der Waals surface area contributed by atoms with E-state index in [1.165, 1.54) is 0 Å². The Morgan fingerprint density at radius 2 is 2.08 bits per heavy atom. The van der Waals surface area contributed by atoms with Gasteiger partial charge in [-0.1, -0.05) is 0 Å². The van der Waals surface area contributed by atoms with Crippen LogP contribution in [0.2, 0.25) is 0 Å². The molecule has 24 heavy (non-hydrogen) atoms. The van der Waals surface area contributed by atoms with Crippen LogP contribution in [0.3, 0.4) is 0 Å². The van der Waals surface area contributed by atoms with E-state index < -0.39 is 0 Å². The first-order chi connectivity index (χ1) is 11.6. The standard InChI is InChI=1S/C17H32N4O3/c1-4-18-17(19-8-7-16(22)20-13(2)3)21-9-11-24-15(12-21)14-6-5-10-23-14/h13-15H,4-12H2,1-3H3,(H,18,19)(H,20,22). The van der Waals surface area contributed by atoms with E-state index in [-0.39, 0.29) is 24.2 Å². The number of amides is 1. The molecule has 2 fully saturated rings. The summed E-state index contributed by atoms with van der Waals surface area (Å²) in [6.07, 6.45) is 2.90. The third kappa shape index (κ3) is 5.94. The maximum absolute atomic E-state index is 11.7. The third-order valence-corrected chi connectivity index (χ3v) is 4.16. The van der Waals surface area contributed by atoms with Crippen LogP contribution in [0.15, 0.2) is 4.99 Å². The molecule has 2 unspecified atom stereocenters. The summed E-state index contributed by atoms with van der Waals surface area (Å²) < 4.78 is 11.7. The summed E-state index contributed by atoms with van der Waals surface area (Å²) in [6.45, 7) is 10.4. The highest BCUT2D eigenvalue weighted by Gasteiger charge is 2.32. The van der Waals surface area contributed by atoms with E-state index in [0.29, 0.717) is 19.6 Å². The molecule has 0 spiro atoms. The summed E-state index contributed by atoms with van der Waals surface area (Å²) in [5, 5.41) is 6.22. The number of guanidine groups is 1. The van der Waals surface area contributed by atoms with Gasteiger partial charge in [0.15, 0.2) is 5.96 Å².